The molecule has 0 unspecified atom stereocenters. The van der Waals surface area contributed by atoms with Crippen LogP contribution < -0.4 is 10.6 Å². The fraction of sp³-hybridized carbons (Fsp3) is 0. The smallest absolute Gasteiger partial charge is 0.255 e. The van der Waals surface area contributed by atoms with Gasteiger partial charge >= 0.3 is 0 Å². The van der Waals surface area contributed by atoms with Crippen LogP contribution in [-0.2, 0) is 0 Å². The minimum atomic E-state index is -0.917. The Morgan fingerprint density at radius 2 is 1.74 bits per heavy atom. The second-order valence-electron chi connectivity index (χ2n) is 7.15. The van der Waals surface area contributed by atoms with Crippen LogP contribution in [0, 0.1) is 17.5 Å². The van der Waals surface area contributed by atoms with Gasteiger partial charge in [-0.05, 0) is 42.5 Å². The summed E-state index contributed by atoms with van der Waals surface area (Å²) in [4.78, 5) is 32.4. The predicted molar refractivity (Wildman–Crippen MR) is 119 cm³/mol. The molecule has 8 nitrogen and oxygen atoms in total. The van der Waals surface area contributed by atoms with E-state index >= 15 is 0 Å². The molecular weight excluding hydrogens is 447 g/mol. The van der Waals surface area contributed by atoms with Crippen molar-refractivity contribution in [2.75, 3.05) is 10.6 Å². The lowest BCUT2D eigenvalue weighted by Gasteiger charge is -2.13. The summed E-state index contributed by atoms with van der Waals surface area (Å²) in [6.07, 6.45) is 4.47. The van der Waals surface area contributed by atoms with Gasteiger partial charge in [0.2, 0.25) is 0 Å². The molecule has 11 heteroatoms. The highest BCUT2D eigenvalue weighted by Crippen LogP contribution is 2.31. The van der Waals surface area contributed by atoms with Crippen molar-refractivity contribution in [3.63, 3.8) is 0 Å². The molecule has 0 atom stereocenters. The highest BCUT2D eigenvalue weighted by molar-refractivity contribution is 6.04. The number of benzene rings is 2. The molecule has 3 aromatic heterocycles. The molecule has 0 radical (unpaired) electrons. The van der Waals surface area contributed by atoms with Gasteiger partial charge < -0.3 is 15.6 Å². The number of amides is 1. The molecule has 3 heterocycles. The predicted octanol–water partition coefficient (Wildman–Crippen LogP) is 4.83. The standard InChI is InChI=1S/C23H14F3N7O/c24-13-6-12(7-14(25)8-13)23(34)33-18-9-15(3-4-17(18)26)32-21-16(2-1-5-27-21)19-20-22(30-10-28-19)31-11-29-20/h1-11H,(H,27,32)(H,33,34)(H,28,29,30,31). The van der Waals surface area contributed by atoms with E-state index < -0.39 is 23.4 Å². The van der Waals surface area contributed by atoms with Gasteiger partial charge in [0.25, 0.3) is 5.91 Å². The normalized spacial score (nSPS) is 10.9. The van der Waals surface area contributed by atoms with Gasteiger partial charge in [0.05, 0.1) is 12.0 Å². The van der Waals surface area contributed by atoms with Gasteiger partial charge in [-0.25, -0.2) is 33.1 Å². The lowest BCUT2D eigenvalue weighted by molar-refractivity contribution is 0.102. The van der Waals surface area contributed by atoms with E-state index in [0.717, 1.165) is 18.2 Å². The number of rotatable bonds is 5. The number of halogens is 3. The summed E-state index contributed by atoms with van der Waals surface area (Å²) in [5.74, 6) is -3.03. The molecule has 168 valence electrons. The van der Waals surface area contributed by atoms with Gasteiger partial charge in [-0.3, -0.25) is 4.79 Å². The molecule has 0 fully saturated rings. The summed E-state index contributed by atoms with van der Waals surface area (Å²) in [6.45, 7) is 0. The minimum absolute atomic E-state index is 0.186. The van der Waals surface area contributed by atoms with Crippen molar-refractivity contribution in [1.29, 1.82) is 0 Å². The zero-order valence-electron chi connectivity index (χ0n) is 17.2. The van der Waals surface area contributed by atoms with Crippen LogP contribution >= 0.6 is 0 Å². The van der Waals surface area contributed by atoms with E-state index in [0.29, 0.717) is 40.0 Å². The molecule has 0 saturated heterocycles. The Bertz CT molecular complexity index is 1520. The number of H-pyrrole nitrogens is 1. The summed E-state index contributed by atoms with van der Waals surface area (Å²) in [6, 6.07) is 9.81. The maximum atomic E-state index is 14.4. The van der Waals surface area contributed by atoms with E-state index in [1.165, 1.54) is 24.8 Å². The van der Waals surface area contributed by atoms with Crippen LogP contribution in [0.4, 0.5) is 30.4 Å². The monoisotopic (exact) mass is 461 g/mol. The van der Waals surface area contributed by atoms with Crippen molar-refractivity contribution < 1.29 is 18.0 Å². The summed E-state index contributed by atoms with van der Waals surface area (Å²) in [5, 5.41) is 5.41. The van der Waals surface area contributed by atoms with Crippen molar-refractivity contribution in [3.05, 3.63) is 90.4 Å². The van der Waals surface area contributed by atoms with E-state index in [4.69, 9.17) is 0 Å². The number of hydrogen-bond donors (Lipinski definition) is 3. The van der Waals surface area contributed by atoms with E-state index in [9.17, 15) is 18.0 Å². The van der Waals surface area contributed by atoms with Crippen LogP contribution in [-0.4, -0.2) is 30.8 Å². The van der Waals surface area contributed by atoms with Crippen LogP contribution in [0.1, 0.15) is 10.4 Å². The third kappa shape index (κ3) is 4.13. The van der Waals surface area contributed by atoms with Gasteiger partial charge in [0.15, 0.2) is 5.65 Å². The summed E-state index contributed by atoms with van der Waals surface area (Å²) in [7, 11) is 0. The highest BCUT2D eigenvalue weighted by Gasteiger charge is 2.16. The van der Waals surface area contributed by atoms with E-state index in [2.05, 4.69) is 35.6 Å². The zero-order valence-corrected chi connectivity index (χ0v) is 17.2. The first-order valence-electron chi connectivity index (χ1n) is 9.91. The molecule has 34 heavy (non-hydrogen) atoms. The average molecular weight is 461 g/mol. The molecule has 2 aromatic carbocycles. The molecule has 5 rings (SSSR count). The summed E-state index contributed by atoms with van der Waals surface area (Å²) < 4.78 is 41.3. The van der Waals surface area contributed by atoms with Crippen molar-refractivity contribution in [2.45, 2.75) is 0 Å². The highest BCUT2D eigenvalue weighted by atomic mass is 19.1. The number of aromatic amines is 1. The Hall–Kier alpha value is -4.80. The molecule has 0 bridgehead atoms. The van der Waals surface area contributed by atoms with Gasteiger partial charge in [-0.1, -0.05) is 0 Å². The first-order chi connectivity index (χ1) is 16.5. The molecule has 0 aliphatic heterocycles. The SMILES string of the molecule is O=C(Nc1cc(Nc2ncccc2-c2ncnc3[nH]cnc23)ccc1F)c1cc(F)cc(F)c1. The number of pyridine rings is 1. The molecular formula is C23H14F3N7O. The van der Waals surface area contributed by atoms with Crippen LogP contribution in [0.15, 0.2) is 67.4 Å². The average Bonchev–Trinajstić information content (AvgIpc) is 3.30. The molecule has 1 amide bonds. The van der Waals surface area contributed by atoms with Gasteiger partial charge in [-0.2, -0.15) is 0 Å². The second-order valence-corrected chi connectivity index (χ2v) is 7.15. The van der Waals surface area contributed by atoms with E-state index in [1.807, 2.05) is 0 Å². The number of imidazole rings is 1. The first-order valence-corrected chi connectivity index (χ1v) is 9.91. The topological polar surface area (TPSA) is 108 Å². The zero-order chi connectivity index (χ0) is 23.7. The maximum absolute atomic E-state index is 14.4. The molecule has 0 aliphatic rings. The molecule has 3 N–H and O–H groups in total. The molecule has 5 aromatic rings. The number of nitrogens with zero attached hydrogens (tertiary/aromatic N) is 4. The molecule has 0 spiro atoms. The number of hydrogen-bond acceptors (Lipinski definition) is 6. The van der Waals surface area contributed by atoms with Crippen LogP contribution in [0.3, 0.4) is 0 Å². The molecule has 0 aliphatic carbocycles. The number of fused-ring (bicyclic) bond motifs is 1. The van der Waals surface area contributed by atoms with Crippen LogP contribution in [0.2, 0.25) is 0 Å². The first kappa shape index (κ1) is 21.1. The van der Waals surface area contributed by atoms with Gasteiger partial charge in [0.1, 0.15) is 40.8 Å². The lowest BCUT2D eigenvalue weighted by Crippen LogP contribution is -2.14. The Morgan fingerprint density at radius 1 is 0.912 bits per heavy atom. The van der Waals surface area contributed by atoms with E-state index in [-0.39, 0.29) is 11.3 Å². The van der Waals surface area contributed by atoms with Crippen molar-refractivity contribution in [1.82, 2.24) is 24.9 Å². The number of anilines is 3. The number of nitrogens with one attached hydrogen (secondary N) is 3. The van der Waals surface area contributed by atoms with Gasteiger partial charge in [-0.15, -0.1) is 0 Å². The Kier molecular flexibility index (Phi) is 5.34. The third-order valence-electron chi connectivity index (χ3n) is 4.88. The Morgan fingerprint density at radius 3 is 2.56 bits per heavy atom. The number of carbonyl (C=O) groups excluding carboxylic acids is 1. The lowest BCUT2D eigenvalue weighted by atomic mass is 10.1. The number of carbonyl (C=O) groups is 1. The fourth-order valence-corrected chi connectivity index (χ4v) is 3.37. The maximum Gasteiger partial charge on any atom is 0.255 e. The Balaban J connectivity index is 1.45. The minimum Gasteiger partial charge on any atom is -0.340 e. The second kappa shape index (κ2) is 8.62. The van der Waals surface area contributed by atoms with Gasteiger partial charge in [0, 0.05) is 29.1 Å². The fourth-order valence-electron chi connectivity index (χ4n) is 3.37. The van der Waals surface area contributed by atoms with Crippen molar-refractivity contribution in [3.8, 4) is 11.3 Å². The molecule has 0 saturated carbocycles. The van der Waals surface area contributed by atoms with Crippen LogP contribution in [0.25, 0.3) is 22.4 Å². The third-order valence-corrected chi connectivity index (χ3v) is 4.88. The van der Waals surface area contributed by atoms with Crippen LogP contribution in [0.5, 0.6) is 0 Å². The number of aromatic nitrogens is 5. The quantitative estimate of drug-likeness (QED) is 0.346. The van der Waals surface area contributed by atoms with Crippen molar-refractivity contribution >= 4 is 34.3 Å². The van der Waals surface area contributed by atoms with Crippen molar-refractivity contribution in [2.24, 2.45) is 0 Å². The summed E-state index contributed by atoms with van der Waals surface area (Å²) >= 11 is 0. The largest absolute Gasteiger partial charge is 0.340 e. The Labute approximate surface area is 189 Å². The van der Waals surface area contributed by atoms with E-state index in [1.54, 1.807) is 18.3 Å². The summed E-state index contributed by atoms with van der Waals surface area (Å²) in [5.41, 5.74) is 2.18.